The van der Waals surface area contributed by atoms with Crippen molar-refractivity contribution in [3.05, 3.63) is 76.1 Å². The van der Waals surface area contributed by atoms with Crippen LogP contribution in [0.15, 0.2) is 53.0 Å². The number of hydrogen-bond donors (Lipinski definition) is 3. The van der Waals surface area contributed by atoms with Crippen LogP contribution < -0.4 is 19.7 Å². The average molecular weight is 753 g/mol. The van der Waals surface area contributed by atoms with Crippen LogP contribution in [-0.4, -0.2) is 87.4 Å². The maximum Gasteiger partial charge on any atom is 0.303 e. The Bertz CT molecular complexity index is 1980. The molecule has 2 amide bonds. The van der Waals surface area contributed by atoms with E-state index in [9.17, 15) is 18.9 Å². The van der Waals surface area contributed by atoms with Gasteiger partial charge in [-0.15, -0.1) is 5.10 Å². The van der Waals surface area contributed by atoms with Crippen LogP contribution in [0.5, 0.6) is 11.6 Å². The summed E-state index contributed by atoms with van der Waals surface area (Å²) in [6.45, 7) is 3.35. The van der Waals surface area contributed by atoms with Crippen LogP contribution in [0.4, 0.5) is 5.82 Å². The number of benzene rings is 1. The lowest BCUT2D eigenvalue weighted by atomic mass is 9.68. The molecule has 52 heavy (non-hydrogen) atoms. The SMILES string of the molecule is COc1nn(C)cc1C(=O)NC1[C@@H](C)[C@@H](O)/C=C/[C@H](OC)[C@@H]2CC[C@H]2CN2C[C@@]3(CCCc4cc(Cl)ccc43)COc3ccc(nc32)C(=O)/N=[SH]\1=O. The number of carbonyl (C=O) groups excluding carboxylic acids is 2. The number of halogens is 1. The highest BCUT2D eigenvalue weighted by atomic mass is 35.5. The van der Waals surface area contributed by atoms with E-state index in [0.717, 1.165) is 32.1 Å². The molecule has 2 aromatic heterocycles. The van der Waals surface area contributed by atoms with Crippen LogP contribution in [0.2, 0.25) is 5.02 Å². The van der Waals surface area contributed by atoms with E-state index in [4.69, 9.17) is 30.8 Å². The third-order valence-corrected chi connectivity index (χ3v) is 12.9. The number of hydrogen-bond acceptors (Lipinski definition) is 10. The Labute approximate surface area is 309 Å². The van der Waals surface area contributed by atoms with Gasteiger partial charge in [0.2, 0.25) is 5.88 Å². The molecule has 8 atom stereocenters. The number of nitrogens with zero attached hydrogens (tertiary/aromatic N) is 5. The molecule has 3 aromatic rings. The number of methoxy groups -OCH3 is 2. The van der Waals surface area contributed by atoms with Crippen molar-refractivity contribution in [1.82, 2.24) is 20.1 Å². The van der Waals surface area contributed by atoms with Crippen molar-refractivity contribution in [2.24, 2.45) is 29.2 Å². The van der Waals surface area contributed by atoms with Crippen LogP contribution in [-0.2, 0) is 34.2 Å². The number of ether oxygens (including phenoxy) is 3. The first kappa shape index (κ1) is 36.4. The van der Waals surface area contributed by atoms with Gasteiger partial charge in [0.05, 0.1) is 36.5 Å². The van der Waals surface area contributed by atoms with Crippen molar-refractivity contribution in [3.63, 3.8) is 0 Å². The van der Waals surface area contributed by atoms with E-state index in [0.29, 0.717) is 36.3 Å². The molecule has 278 valence electrons. The molecule has 2 unspecified atom stereocenters. The number of pyridine rings is 1. The summed E-state index contributed by atoms with van der Waals surface area (Å²) in [6.07, 6.45) is 8.24. The Hall–Kier alpha value is -3.98. The Morgan fingerprint density at radius 1 is 1.19 bits per heavy atom. The maximum absolute atomic E-state index is 14.0. The zero-order chi connectivity index (χ0) is 36.7. The van der Waals surface area contributed by atoms with Gasteiger partial charge in [0.1, 0.15) is 16.6 Å². The quantitative estimate of drug-likeness (QED) is 0.262. The molecule has 0 radical (unpaired) electrons. The van der Waals surface area contributed by atoms with Gasteiger partial charge in [-0.1, -0.05) is 36.7 Å². The highest BCUT2D eigenvalue weighted by Gasteiger charge is 2.45. The van der Waals surface area contributed by atoms with Gasteiger partial charge in [-0.25, -0.2) is 4.98 Å². The van der Waals surface area contributed by atoms with Gasteiger partial charge in [0.25, 0.3) is 5.91 Å². The first-order chi connectivity index (χ1) is 25.0. The molecular formula is C37H45ClN6O7S. The normalized spacial score (nSPS) is 31.2. The van der Waals surface area contributed by atoms with E-state index in [2.05, 4.69) is 31.8 Å². The fraction of sp³-hybridized carbons (Fsp3) is 0.514. The second-order valence-corrected chi connectivity index (χ2v) is 16.2. The first-order valence-electron chi connectivity index (χ1n) is 17.7. The molecule has 4 aliphatic rings. The number of nitrogens with one attached hydrogen (secondary N) is 1. The van der Waals surface area contributed by atoms with Gasteiger partial charge in [0, 0.05) is 49.8 Å². The summed E-state index contributed by atoms with van der Waals surface area (Å²) in [5, 5.41) is 17.7. The van der Waals surface area contributed by atoms with Gasteiger partial charge in [-0.05, 0) is 79.3 Å². The number of amides is 2. The molecule has 0 saturated heterocycles. The summed E-state index contributed by atoms with van der Waals surface area (Å²) in [4.78, 5) is 34.3. The summed E-state index contributed by atoms with van der Waals surface area (Å²) in [6, 6.07) is 9.38. The van der Waals surface area contributed by atoms with Crippen molar-refractivity contribution in [1.29, 1.82) is 0 Å². The number of aromatic nitrogens is 3. The molecule has 1 spiro atoms. The highest BCUT2D eigenvalue weighted by molar-refractivity contribution is 7.76. The molecule has 1 saturated carbocycles. The average Bonchev–Trinajstić information content (AvgIpc) is 3.44. The van der Waals surface area contributed by atoms with Gasteiger partial charge in [-0.2, -0.15) is 4.36 Å². The molecule has 1 aromatic carbocycles. The minimum atomic E-state index is -2.80. The summed E-state index contributed by atoms with van der Waals surface area (Å²) < 4.78 is 37.3. The van der Waals surface area contributed by atoms with E-state index in [-0.39, 0.29) is 40.5 Å². The summed E-state index contributed by atoms with van der Waals surface area (Å²) in [7, 11) is 1.88. The van der Waals surface area contributed by atoms with Crippen LogP contribution in [0.1, 0.15) is 64.6 Å². The molecular weight excluding hydrogens is 708 g/mol. The molecule has 4 heterocycles. The van der Waals surface area contributed by atoms with Crippen LogP contribution in [0.25, 0.3) is 0 Å². The third-order valence-electron chi connectivity index (χ3n) is 11.2. The lowest BCUT2D eigenvalue weighted by Gasteiger charge is -2.45. The third kappa shape index (κ3) is 6.93. The largest absolute Gasteiger partial charge is 0.489 e. The maximum atomic E-state index is 14.0. The van der Waals surface area contributed by atoms with Gasteiger partial charge >= 0.3 is 5.91 Å². The molecule has 15 heteroatoms. The first-order valence-corrected chi connectivity index (χ1v) is 19.3. The number of rotatable bonds is 4. The Morgan fingerprint density at radius 3 is 2.77 bits per heavy atom. The Morgan fingerprint density at radius 2 is 2.02 bits per heavy atom. The van der Waals surface area contributed by atoms with Crippen molar-refractivity contribution in [2.75, 3.05) is 38.8 Å². The number of aliphatic hydroxyl groups excluding tert-OH is 1. The Balaban J connectivity index is 1.29. The monoisotopic (exact) mass is 752 g/mol. The van der Waals surface area contributed by atoms with Gasteiger partial charge < -0.3 is 29.5 Å². The second-order valence-electron chi connectivity index (χ2n) is 14.4. The van der Waals surface area contributed by atoms with Crippen LogP contribution in [0.3, 0.4) is 0 Å². The summed E-state index contributed by atoms with van der Waals surface area (Å²) >= 11 is 6.43. The van der Waals surface area contributed by atoms with E-state index < -0.39 is 39.8 Å². The lowest BCUT2D eigenvalue weighted by Crippen LogP contribution is -2.50. The van der Waals surface area contributed by atoms with E-state index in [1.54, 1.807) is 33.2 Å². The number of thiol groups is 1. The fourth-order valence-corrected chi connectivity index (χ4v) is 9.60. The highest BCUT2D eigenvalue weighted by Crippen LogP contribution is 2.46. The van der Waals surface area contributed by atoms with Crippen molar-refractivity contribution in [3.8, 4) is 11.6 Å². The number of anilines is 1. The smallest absolute Gasteiger partial charge is 0.303 e. The van der Waals surface area contributed by atoms with E-state index in [1.807, 2.05) is 12.1 Å². The number of fused-ring (bicyclic) bond motifs is 4. The molecule has 2 bridgehead atoms. The zero-order valence-electron chi connectivity index (χ0n) is 29.7. The van der Waals surface area contributed by atoms with Gasteiger partial charge in [-0.3, -0.25) is 18.5 Å². The summed E-state index contributed by atoms with van der Waals surface area (Å²) in [5.74, 6) is -0.700. The van der Waals surface area contributed by atoms with Crippen molar-refractivity contribution < 1.29 is 33.1 Å². The minimum absolute atomic E-state index is 0.00148. The van der Waals surface area contributed by atoms with Gasteiger partial charge in [0.15, 0.2) is 11.6 Å². The minimum Gasteiger partial charge on any atom is -0.489 e. The zero-order valence-corrected chi connectivity index (χ0v) is 31.3. The topological polar surface area (TPSA) is 157 Å². The number of carbonyl (C=O) groups is 2. The van der Waals surface area contributed by atoms with Crippen molar-refractivity contribution >= 4 is 39.8 Å². The Kier molecular flexibility index (Phi) is 10.4. The fourth-order valence-electron chi connectivity index (χ4n) is 8.20. The molecule has 7 rings (SSSR count). The molecule has 2 N–H and O–H groups in total. The summed E-state index contributed by atoms with van der Waals surface area (Å²) in [5.41, 5.74) is 2.21. The van der Waals surface area contributed by atoms with Crippen LogP contribution >= 0.6 is 11.6 Å². The lowest BCUT2D eigenvalue weighted by molar-refractivity contribution is 0.0123. The van der Waals surface area contributed by atoms with Crippen LogP contribution in [0, 0.1) is 17.8 Å². The molecule has 2 aliphatic carbocycles. The molecule has 13 nitrogen and oxygen atoms in total. The standard InChI is InChI=1S/C37H45ClN6O7S/c1-21-29(45)12-14-30(49-3)25-9-7-23(25)17-44-19-37(15-5-6-22-16-24(38)8-10-27(22)37)20-51-31-13-11-28(39-32(31)44)34(47)42-52(48)36(21)40-33(46)26-18-43(2)41-35(26)50-4/h8,10-14,16,18,21,23,25,29-30,36,45,52H,5-7,9,15,17,19-20H2,1-4H3,(H,40,46)/b14-12+/t21-,23-,25+,29-,30-,36?,37-/m0/s1. The predicted octanol–water partition coefficient (Wildman–Crippen LogP) is 4.12. The van der Waals surface area contributed by atoms with E-state index in [1.165, 1.54) is 35.2 Å². The van der Waals surface area contributed by atoms with E-state index >= 15 is 0 Å². The molecule has 1 fully saturated rings. The second kappa shape index (κ2) is 14.8. The number of aliphatic hydroxyl groups is 1. The number of aryl methyl sites for hydroxylation is 2. The van der Waals surface area contributed by atoms with Crippen molar-refractivity contribution in [2.45, 2.75) is 62.0 Å². The molecule has 2 aliphatic heterocycles. The predicted molar refractivity (Wildman–Crippen MR) is 197 cm³/mol.